The van der Waals surface area contributed by atoms with Gasteiger partial charge in [-0.1, -0.05) is 48.3 Å². The van der Waals surface area contributed by atoms with Crippen molar-refractivity contribution < 1.29 is 42.3 Å². The van der Waals surface area contributed by atoms with Crippen molar-refractivity contribution >= 4 is 11.9 Å². The van der Waals surface area contributed by atoms with Gasteiger partial charge in [-0.3, -0.25) is 10.1 Å². The number of nitrogens with one attached hydrogen (secondary N) is 1. The van der Waals surface area contributed by atoms with Crippen LogP contribution in [-0.2, 0) is 37.5 Å². The van der Waals surface area contributed by atoms with Gasteiger partial charge < -0.3 is 4.90 Å². The molecule has 139 valence electrons. The third-order valence-electron chi connectivity index (χ3n) is 3.13. The zero-order chi connectivity index (χ0) is 16.0. The number of hydrogen-bond acceptors (Lipinski definition) is 3. The normalized spacial score (nSPS) is 11.6. The fraction of sp³-hybridized carbons (Fsp3) is 0.526. The van der Waals surface area contributed by atoms with E-state index in [9.17, 15) is 9.59 Å². The van der Waals surface area contributed by atoms with E-state index in [0.29, 0.717) is 5.92 Å². The van der Waals surface area contributed by atoms with Crippen molar-refractivity contribution in [2.45, 2.75) is 61.9 Å². The maximum atomic E-state index is 10.8. The van der Waals surface area contributed by atoms with E-state index in [1.54, 1.807) is 0 Å². The fourth-order valence-electron chi connectivity index (χ4n) is 1.84. The van der Waals surface area contributed by atoms with E-state index < -0.39 is 0 Å². The number of carbonyl (C=O) groups is 2. The van der Waals surface area contributed by atoms with Gasteiger partial charge in [-0.2, -0.15) is 5.26 Å². The second kappa shape index (κ2) is 15.0. The van der Waals surface area contributed by atoms with Crippen molar-refractivity contribution in [3.8, 4) is 6.07 Å². The molecule has 1 aliphatic rings. The van der Waals surface area contributed by atoms with Crippen molar-refractivity contribution in [3.05, 3.63) is 35.4 Å². The Balaban J connectivity index is -0.000000152. The minimum absolute atomic E-state index is 0. The second-order valence-electron chi connectivity index (χ2n) is 5.47. The van der Waals surface area contributed by atoms with Crippen LogP contribution in [0.15, 0.2) is 24.3 Å². The molecule has 1 saturated heterocycles. The van der Waals surface area contributed by atoms with Crippen molar-refractivity contribution in [1.82, 2.24) is 10.2 Å². The van der Waals surface area contributed by atoms with E-state index in [-0.39, 0.29) is 79.5 Å². The first-order valence-corrected chi connectivity index (χ1v) is 6.95. The van der Waals surface area contributed by atoms with Crippen LogP contribution in [-0.4, -0.2) is 29.4 Å². The maximum Gasteiger partial charge on any atom is 0.324 e. The summed E-state index contributed by atoms with van der Waals surface area (Å²) in [6.07, 6.45) is 0. The van der Waals surface area contributed by atoms with Crippen LogP contribution in [0.2, 0.25) is 0 Å². The third kappa shape index (κ3) is 10.4. The molecule has 1 fully saturated rings. The first kappa shape index (κ1) is 31.5. The van der Waals surface area contributed by atoms with E-state index >= 15 is 0 Å². The summed E-state index contributed by atoms with van der Waals surface area (Å²) in [7, 11) is 0. The van der Waals surface area contributed by atoms with Crippen LogP contribution in [0.4, 0.5) is 4.79 Å². The summed E-state index contributed by atoms with van der Waals surface area (Å²) in [5.74, 6) is 0.294. The molecule has 3 amide bonds. The molecule has 6 heteroatoms. The van der Waals surface area contributed by atoms with Crippen LogP contribution in [0, 0.1) is 11.3 Å². The molecule has 0 atom stereocenters. The number of nitrogens with zero attached hydrogens (tertiary/aromatic N) is 2. The van der Waals surface area contributed by atoms with Crippen LogP contribution in [0.25, 0.3) is 0 Å². The first-order valence-electron chi connectivity index (χ1n) is 6.95. The predicted octanol–water partition coefficient (Wildman–Crippen LogP) is 4.53. The Morgan fingerprint density at radius 1 is 1.12 bits per heavy atom. The molecule has 0 spiro atoms. The predicted molar refractivity (Wildman–Crippen MR) is 101 cm³/mol. The number of carbonyl (C=O) groups excluding carboxylic acids is 2. The first-order chi connectivity index (χ1) is 9.85. The molecule has 25 heavy (non-hydrogen) atoms. The molecule has 0 aliphatic carbocycles. The van der Waals surface area contributed by atoms with E-state index in [4.69, 9.17) is 5.26 Å². The Morgan fingerprint density at radius 3 is 2.00 bits per heavy atom. The van der Waals surface area contributed by atoms with Gasteiger partial charge in [0.15, 0.2) is 0 Å². The number of benzene rings is 1. The largest absolute Gasteiger partial charge is 0.324 e. The number of imide groups is 1. The molecule has 1 heterocycles. The molecule has 1 aliphatic heterocycles. The van der Waals surface area contributed by atoms with Gasteiger partial charge in [-0.15, -0.1) is 0 Å². The molecule has 0 saturated carbocycles. The van der Waals surface area contributed by atoms with Crippen molar-refractivity contribution in [2.24, 2.45) is 0 Å². The number of nitriles is 1. The van der Waals surface area contributed by atoms with Crippen LogP contribution >= 0.6 is 0 Å². The number of amides is 3. The summed E-state index contributed by atoms with van der Waals surface area (Å²) >= 11 is 0. The third-order valence-corrected chi connectivity index (χ3v) is 3.13. The fourth-order valence-corrected chi connectivity index (χ4v) is 1.84. The molecule has 1 N–H and O–H groups in total. The summed E-state index contributed by atoms with van der Waals surface area (Å²) < 4.78 is 0. The molecule has 0 aromatic heterocycles. The van der Waals surface area contributed by atoms with E-state index in [2.05, 4.69) is 25.2 Å². The minimum atomic E-state index is -0.278. The molecule has 2 rings (SSSR count). The van der Waals surface area contributed by atoms with Crippen LogP contribution in [0.1, 0.15) is 67.0 Å². The quantitative estimate of drug-likeness (QED) is 0.709. The molecule has 0 bridgehead atoms. The van der Waals surface area contributed by atoms with Crippen molar-refractivity contribution in [3.63, 3.8) is 0 Å². The summed E-state index contributed by atoms with van der Waals surface area (Å²) in [5.41, 5.74) is 1.97. The van der Waals surface area contributed by atoms with Crippen LogP contribution in [0.3, 0.4) is 0 Å². The van der Waals surface area contributed by atoms with E-state index in [1.165, 1.54) is 10.5 Å². The number of urea groups is 1. The average molecular weight is 424 g/mol. The smallest absolute Gasteiger partial charge is 0.313 e. The second-order valence-corrected chi connectivity index (χ2v) is 5.47. The van der Waals surface area contributed by atoms with E-state index in [1.807, 2.05) is 38.1 Å². The molecule has 5 nitrogen and oxygen atoms in total. The van der Waals surface area contributed by atoms with Gasteiger partial charge in [0.2, 0.25) is 5.91 Å². The standard InChI is InChI=1S/C10H11N.C6H10N2O2.3CH4.Y/c1-8(2)10-5-3-4-9(6-10)7-11;1-4(2)8-3-5(9)7-6(8)10;;;;/h3-6,8H,1-2H3;4H,3H2,1-2H3,(H,7,9,10);3*1H4;. The monoisotopic (exact) mass is 424 g/mol. The number of rotatable bonds is 2. The topological polar surface area (TPSA) is 73.2 Å². The molecular formula is C19H33N3O2Y. The molecule has 1 radical (unpaired) electrons. The van der Waals surface area contributed by atoms with Gasteiger partial charge in [0.05, 0.1) is 11.6 Å². The Hall–Kier alpha value is -1.25. The maximum absolute atomic E-state index is 10.8. The van der Waals surface area contributed by atoms with E-state index in [0.717, 1.165) is 5.56 Å². The van der Waals surface area contributed by atoms with Crippen LogP contribution in [0.5, 0.6) is 0 Å². The van der Waals surface area contributed by atoms with Gasteiger partial charge >= 0.3 is 6.03 Å². The molecule has 0 unspecified atom stereocenters. The minimum Gasteiger partial charge on any atom is -0.313 e. The Morgan fingerprint density at radius 2 is 1.68 bits per heavy atom. The number of hydrogen-bond donors (Lipinski definition) is 1. The Labute approximate surface area is 179 Å². The Kier molecular flexibility index (Phi) is 19.0. The summed E-state index contributed by atoms with van der Waals surface area (Å²) in [6, 6.07) is 9.68. The van der Waals surface area contributed by atoms with Gasteiger partial charge in [0, 0.05) is 38.8 Å². The average Bonchev–Trinajstić information content (AvgIpc) is 2.78. The van der Waals surface area contributed by atoms with Gasteiger partial charge in [0.1, 0.15) is 6.54 Å². The summed E-state index contributed by atoms with van der Waals surface area (Å²) in [4.78, 5) is 22.9. The summed E-state index contributed by atoms with van der Waals surface area (Å²) in [5, 5.41) is 10.8. The van der Waals surface area contributed by atoms with Gasteiger partial charge in [-0.05, 0) is 37.5 Å². The zero-order valence-electron chi connectivity index (χ0n) is 13.5. The zero-order valence-corrected chi connectivity index (χ0v) is 16.3. The molecular weight excluding hydrogens is 391 g/mol. The van der Waals surface area contributed by atoms with Crippen molar-refractivity contribution in [1.29, 1.82) is 5.26 Å². The Bertz CT molecular complexity index is 566. The van der Waals surface area contributed by atoms with Crippen molar-refractivity contribution in [2.75, 3.05) is 6.54 Å². The van der Waals surface area contributed by atoms with Gasteiger partial charge in [0.25, 0.3) is 0 Å². The van der Waals surface area contributed by atoms with Gasteiger partial charge in [-0.25, -0.2) is 4.79 Å². The summed E-state index contributed by atoms with van der Waals surface area (Å²) in [6.45, 7) is 8.19. The van der Waals surface area contributed by atoms with Crippen LogP contribution < -0.4 is 5.32 Å². The molecule has 1 aromatic rings. The SMILES string of the molecule is C.C.C.CC(C)N1CC(=O)NC1=O.CC(C)c1cccc(C#N)c1.[Y]. The molecule has 1 aromatic carbocycles.